The van der Waals surface area contributed by atoms with Crippen molar-refractivity contribution in [2.75, 3.05) is 6.54 Å². The van der Waals surface area contributed by atoms with Gasteiger partial charge in [0, 0.05) is 11.6 Å². The predicted molar refractivity (Wildman–Crippen MR) is 58.0 cm³/mol. The highest BCUT2D eigenvalue weighted by molar-refractivity contribution is 6.30. The Morgan fingerprint density at radius 3 is 2.62 bits per heavy atom. The largest absolute Gasteiger partial charge is 0.312 e. The van der Waals surface area contributed by atoms with E-state index in [1.165, 1.54) is 5.56 Å². The second-order valence-electron chi connectivity index (χ2n) is 2.88. The minimum atomic E-state index is 0.787. The molecule has 1 rings (SSSR count). The summed E-state index contributed by atoms with van der Waals surface area (Å²) in [5, 5.41) is 4.09. The molecule has 0 saturated heterocycles. The van der Waals surface area contributed by atoms with Crippen LogP contribution in [-0.4, -0.2) is 6.54 Å². The molecule has 0 heterocycles. The smallest absolute Gasteiger partial charge is 0.0406 e. The average molecular weight is 196 g/mol. The highest BCUT2D eigenvalue weighted by Gasteiger charge is 1.91. The molecule has 13 heavy (non-hydrogen) atoms. The second kappa shape index (κ2) is 5.79. The Kier molecular flexibility index (Phi) is 4.58. The summed E-state index contributed by atoms with van der Waals surface area (Å²) in [6.07, 6.45) is 2.92. The molecule has 0 saturated carbocycles. The Morgan fingerprint density at radius 1 is 1.31 bits per heavy atom. The van der Waals surface area contributed by atoms with Gasteiger partial charge in [-0.05, 0) is 30.7 Å². The van der Waals surface area contributed by atoms with Crippen LogP contribution >= 0.6 is 11.6 Å². The van der Waals surface area contributed by atoms with E-state index in [9.17, 15) is 0 Å². The molecule has 0 fully saturated rings. The first-order valence-electron chi connectivity index (χ1n) is 4.39. The van der Waals surface area contributed by atoms with Crippen molar-refractivity contribution in [1.29, 1.82) is 0 Å². The number of benzene rings is 1. The Hall–Kier alpha value is -0.790. The Balaban J connectivity index is 2.28. The minimum absolute atomic E-state index is 0.787. The average Bonchev–Trinajstić information content (AvgIpc) is 2.15. The maximum absolute atomic E-state index is 5.76. The molecule has 0 aromatic heterocycles. The number of nitrogens with one attached hydrogen (secondary N) is 1. The molecule has 0 radical (unpaired) electrons. The fourth-order valence-electron chi connectivity index (χ4n) is 1.04. The predicted octanol–water partition coefficient (Wildman–Crippen LogP) is 3.01. The summed E-state index contributed by atoms with van der Waals surface area (Å²) in [7, 11) is 0. The van der Waals surface area contributed by atoms with E-state index >= 15 is 0 Å². The molecule has 0 aliphatic carbocycles. The maximum Gasteiger partial charge on any atom is 0.0406 e. The second-order valence-corrected chi connectivity index (χ2v) is 3.32. The molecular weight excluding hydrogens is 182 g/mol. The van der Waals surface area contributed by atoms with Crippen LogP contribution in [0.5, 0.6) is 0 Å². The summed E-state index contributed by atoms with van der Waals surface area (Å²) in [5.41, 5.74) is 1.26. The first kappa shape index (κ1) is 10.3. The SMILES string of the molecule is C=CCCNCc1ccc(Cl)cc1. The number of hydrogen-bond donors (Lipinski definition) is 1. The lowest BCUT2D eigenvalue weighted by molar-refractivity contribution is 0.696. The quantitative estimate of drug-likeness (QED) is 0.563. The molecule has 0 amide bonds. The van der Waals surface area contributed by atoms with Crippen molar-refractivity contribution >= 4 is 11.6 Å². The molecule has 1 aromatic rings. The van der Waals surface area contributed by atoms with Gasteiger partial charge >= 0.3 is 0 Å². The van der Waals surface area contributed by atoms with Crippen LogP contribution in [0, 0.1) is 0 Å². The van der Waals surface area contributed by atoms with Gasteiger partial charge in [-0.1, -0.05) is 29.8 Å². The number of hydrogen-bond acceptors (Lipinski definition) is 1. The van der Waals surface area contributed by atoms with Crippen LogP contribution in [0.1, 0.15) is 12.0 Å². The van der Waals surface area contributed by atoms with E-state index in [0.717, 1.165) is 24.5 Å². The topological polar surface area (TPSA) is 12.0 Å². The first-order valence-corrected chi connectivity index (χ1v) is 4.77. The van der Waals surface area contributed by atoms with Crippen molar-refractivity contribution in [3.05, 3.63) is 47.5 Å². The standard InChI is InChI=1S/C11H14ClN/c1-2-3-8-13-9-10-4-6-11(12)7-5-10/h2,4-7,13H,1,3,8-9H2. The third-order valence-corrected chi connectivity index (χ3v) is 2.02. The van der Waals surface area contributed by atoms with E-state index in [-0.39, 0.29) is 0 Å². The number of halogens is 1. The summed E-state index contributed by atoms with van der Waals surface area (Å²) in [6, 6.07) is 7.88. The van der Waals surface area contributed by atoms with E-state index in [0.29, 0.717) is 0 Å². The van der Waals surface area contributed by atoms with Crippen LogP contribution in [-0.2, 0) is 6.54 Å². The van der Waals surface area contributed by atoms with Gasteiger partial charge in [0.2, 0.25) is 0 Å². The van der Waals surface area contributed by atoms with Crippen LogP contribution in [0.25, 0.3) is 0 Å². The molecule has 0 aliphatic heterocycles. The first-order chi connectivity index (χ1) is 6.33. The van der Waals surface area contributed by atoms with Crippen molar-refractivity contribution < 1.29 is 0 Å². The molecule has 70 valence electrons. The zero-order valence-electron chi connectivity index (χ0n) is 7.59. The van der Waals surface area contributed by atoms with Gasteiger partial charge in [-0.15, -0.1) is 6.58 Å². The van der Waals surface area contributed by atoms with Crippen LogP contribution in [0.2, 0.25) is 5.02 Å². The van der Waals surface area contributed by atoms with Crippen LogP contribution in [0.15, 0.2) is 36.9 Å². The Bertz CT molecular complexity index is 253. The van der Waals surface area contributed by atoms with Crippen molar-refractivity contribution in [1.82, 2.24) is 5.32 Å². The fourth-order valence-corrected chi connectivity index (χ4v) is 1.17. The molecule has 2 heteroatoms. The maximum atomic E-state index is 5.76. The summed E-state index contributed by atoms with van der Waals surface area (Å²) < 4.78 is 0. The van der Waals surface area contributed by atoms with E-state index < -0.39 is 0 Å². The highest BCUT2D eigenvalue weighted by atomic mass is 35.5. The van der Waals surface area contributed by atoms with Gasteiger partial charge in [-0.2, -0.15) is 0 Å². The van der Waals surface area contributed by atoms with Crippen LogP contribution < -0.4 is 5.32 Å². The molecule has 0 spiro atoms. The van der Waals surface area contributed by atoms with E-state index in [1.54, 1.807) is 0 Å². The van der Waals surface area contributed by atoms with Gasteiger partial charge < -0.3 is 5.32 Å². The molecule has 0 atom stereocenters. The van der Waals surface area contributed by atoms with Gasteiger partial charge in [0.05, 0.1) is 0 Å². The summed E-state index contributed by atoms with van der Waals surface area (Å²) in [6.45, 7) is 5.53. The molecule has 1 N–H and O–H groups in total. The van der Waals surface area contributed by atoms with Crippen molar-refractivity contribution in [3.63, 3.8) is 0 Å². The lowest BCUT2D eigenvalue weighted by Gasteiger charge is -2.02. The van der Waals surface area contributed by atoms with Crippen molar-refractivity contribution in [2.45, 2.75) is 13.0 Å². The van der Waals surface area contributed by atoms with Crippen molar-refractivity contribution in [2.24, 2.45) is 0 Å². The van der Waals surface area contributed by atoms with Gasteiger partial charge in [-0.25, -0.2) is 0 Å². The van der Waals surface area contributed by atoms with Crippen molar-refractivity contribution in [3.8, 4) is 0 Å². The van der Waals surface area contributed by atoms with Crippen LogP contribution in [0.3, 0.4) is 0 Å². The zero-order valence-corrected chi connectivity index (χ0v) is 8.35. The van der Waals surface area contributed by atoms with E-state index in [2.05, 4.69) is 11.9 Å². The van der Waals surface area contributed by atoms with Crippen LogP contribution in [0.4, 0.5) is 0 Å². The third kappa shape index (κ3) is 4.11. The van der Waals surface area contributed by atoms with Gasteiger partial charge in [-0.3, -0.25) is 0 Å². The third-order valence-electron chi connectivity index (χ3n) is 1.77. The normalized spacial score (nSPS) is 9.92. The monoisotopic (exact) mass is 195 g/mol. The van der Waals surface area contributed by atoms with Gasteiger partial charge in [0.1, 0.15) is 0 Å². The van der Waals surface area contributed by atoms with Gasteiger partial charge in [0.25, 0.3) is 0 Å². The molecule has 0 aliphatic rings. The highest BCUT2D eigenvalue weighted by Crippen LogP contribution is 2.08. The fraction of sp³-hybridized carbons (Fsp3) is 0.273. The number of rotatable bonds is 5. The summed E-state index contributed by atoms with van der Waals surface area (Å²) in [5.74, 6) is 0. The van der Waals surface area contributed by atoms with E-state index in [4.69, 9.17) is 11.6 Å². The Labute approximate surface area is 84.4 Å². The minimum Gasteiger partial charge on any atom is -0.312 e. The molecule has 0 bridgehead atoms. The molecular formula is C11H14ClN. The lowest BCUT2D eigenvalue weighted by atomic mass is 10.2. The van der Waals surface area contributed by atoms with E-state index in [1.807, 2.05) is 30.3 Å². The molecule has 1 nitrogen and oxygen atoms in total. The van der Waals surface area contributed by atoms with Gasteiger partial charge in [0.15, 0.2) is 0 Å². The molecule has 1 aromatic carbocycles. The summed E-state index contributed by atoms with van der Waals surface area (Å²) in [4.78, 5) is 0. The Morgan fingerprint density at radius 2 is 2.00 bits per heavy atom. The zero-order chi connectivity index (χ0) is 9.52. The lowest BCUT2D eigenvalue weighted by Crippen LogP contribution is -2.13. The summed E-state index contributed by atoms with van der Waals surface area (Å²) >= 11 is 5.76. The molecule has 0 unspecified atom stereocenters.